The Morgan fingerprint density at radius 3 is 2.35 bits per heavy atom. The summed E-state index contributed by atoms with van der Waals surface area (Å²) in [5, 5.41) is 2.70. The van der Waals surface area contributed by atoms with Crippen molar-refractivity contribution >= 4 is 23.6 Å². The van der Waals surface area contributed by atoms with Crippen molar-refractivity contribution in [2.45, 2.75) is 6.18 Å². The van der Waals surface area contributed by atoms with E-state index in [0.717, 1.165) is 12.1 Å². The summed E-state index contributed by atoms with van der Waals surface area (Å²) in [5.41, 5.74) is 0.570. The third-order valence-electron chi connectivity index (χ3n) is 3.81. The van der Waals surface area contributed by atoms with Crippen LogP contribution in [0.25, 0.3) is 11.6 Å². The van der Waals surface area contributed by atoms with Gasteiger partial charge in [-0.15, -0.1) is 0 Å². The molecule has 2 aromatic rings. The number of rotatable bonds is 6. The molecule has 0 radical (unpaired) electrons. The van der Waals surface area contributed by atoms with E-state index in [1.807, 2.05) is 0 Å². The molecule has 0 heterocycles. The highest BCUT2D eigenvalue weighted by atomic mass is 19.4. The van der Waals surface area contributed by atoms with Gasteiger partial charge in [0.15, 0.2) is 6.29 Å². The zero-order valence-electron chi connectivity index (χ0n) is 14.5. The van der Waals surface area contributed by atoms with Crippen LogP contribution < -0.4 is 14.8 Å². The minimum atomic E-state index is -4.46. The third kappa shape index (κ3) is 4.17. The number of benzene rings is 2. The lowest BCUT2D eigenvalue weighted by atomic mass is 9.99. The quantitative estimate of drug-likeness (QED) is 0.465. The molecule has 0 saturated carbocycles. The molecule has 0 atom stereocenters. The first kappa shape index (κ1) is 19.4. The molecule has 0 spiro atoms. The highest BCUT2D eigenvalue weighted by Gasteiger charge is 2.31. The van der Waals surface area contributed by atoms with Crippen LogP contribution in [0.5, 0.6) is 11.5 Å². The summed E-state index contributed by atoms with van der Waals surface area (Å²) in [6.07, 6.45) is -2.32. The number of hydrogen-bond acceptors (Lipinski definition) is 4. The number of halogens is 3. The molecule has 0 aliphatic rings. The molecule has 2 aromatic carbocycles. The van der Waals surface area contributed by atoms with Crippen molar-refractivity contribution in [2.75, 3.05) is 26.6 Å². The van der Waals surface area contributed by atoms with Crippen LogP contribution >= 0.6 is 0 Å². The molecule has 138 valence electrons. The van der Waals surface area contributed by atoms with Crippen LogP contribution in [-0.4, -0.2) is 27.6 Å². The number of alkyl halides is 3. The Hall–Kier alpha value is -2.96. The number of anilines is 1. The van der Waals surface area contributed by atoms with E-state index < -0.39 is 11.7 Å². The Kier molecular flexibility index (Phi) is 5.92. The van der Waals surface area contributed by atoms with Gasteiger partial charge in [0.25, 0.3) is 0 Å². The van der Waals surface area contributed by atoms with E-state index in [2.05, 4.69) is 5.32 Å². The third-order valence-corrected chi connectivity index (χ3v) is 3.81. The number of ether oxygens (including phenoxy) is 2. The highest BCUT2D eigenvalue weighted by Crippen LogP contribution is 2.35. The summed E-state index contributed by atoms with van der Waals surface area (Å²) in [4.78, 5) is 11.6. The maximum atomic E-state index is 12.9. The second kappa shape index (κ2) is 7.95. The van der Waals surface area contributed by atoms with Crippen LogP contribution in [0, 0.1) is 0 Å². The van der Waals surface area contributed by atoms with Gasteiger partial charge in [0.1, 0.15) is 11.5 Å². The van der Waals surface area contributed by atoms with Crippen molar-refractivity contribution in [1.82, 2.24) is 0 Å². The Balaban J connectivity index is 2.55. The van der Waals surface area contributed by atoms with Crippen molar-refractivity contribution in [1.29, 1.82) is 0 Å². The lowest BCUT2D eigenvalue weighted by Gasteiger charge is -2.14. The van der Waals surface area contributed by atoms with Crippen molar-refractivity contribution < 1.29 is 27.4 Å². The average Bonchev–Trinajstić information content (AvgIpc) is 2.64. The molecule has 26 heavy (non-hydrogen) atoms. The fraction of sp³-hybridized carbons (Fsp3) is 0.211. The number of methoxy groups -OCH3 is 2. The van der Waals surface area contributed by atoms with E-state index in [9.17, 15) is 18.0 Å². The van der Waals surface area contributed by atoms with Crippen LogP contribution in [0.1, 0.15) is 16.7 Å². The molecule has 0 saturated heterocycles. The van der Waals surface area contributed by atoms with Gasteiger partial charge < -0.3 is 14.8 Å². The van der Waals surface area contributed by atoms with E-state index in [4.69, 9.17) is 9.47 Å². The molecule has 4 nitrogen and oxygen atoms in total. The lowest BCUT2D eigenvalue weighted by Crippen LogP contribution is -2.07. The van der Waals surface area contributed by atoms with Gasteiger partial charge in [-0.1, -0.05) is 6.07 Å². The highest BCUT2D eigenvalue weighted by molar-refractivity contribution is 6.15. The normalized spacial score (nSPS) is 11.8. The van der Waals surface area contributed by atoms with Gasteiger partial charge >= 0.3 is 6.18 Å². The van der Waals surface area contributed by atoms with Gasteiger partial charge in [0.05, 0.1) is 19.8 Å². The van der Waals surface area contributed by atoms with Crippen molar-refractivity contribution in [3.8, 4) is 11.5 Å². The van der Waals surface area contributed by atoms with Gasteiger partial charge in [-0.2, -0.15) is 13.2 Å². The van der Waals surface area contributed by atoms with E-state index in [-0.39, 0.29) is 11.3 Å². The Bertz CT molecular complexity index is 829. The standard InChI is InChI=1S/C19H18F3NO3/c1-23-17-9-14(19(20,21)22)5-7-16(17)13(11-24)8-12-4-6-15(25-2)10-18(12)26-3/h4-11,23H,1-3H3/b13-8+. The smallest absolute Gasteiger partial charge is 0.416 e. The molecular formula is C19H18F3NO3. The summed E-state index contributed by atoms with van der Waals surface area (Å²) in [6.45, 7) is 0. The molecule has 0 amide bonds. The lowest BCUT2D eigenvalue weighted by molar-refractivity contribution is -0.137. The van der Waals surface area contributed by atoms with E-state index in [0.29, 0.717) is 28.9 Å². The molecule has 0 bridgehead atoms. The Labute approximate surface area is 149 Å². The number of carbonyl (C=O) groups is 1. The van der Waals surface area contributed by atoms with E-state index >= 15 is 0 Å². The molecule has 0 aliphatic heterocycles. The first-order valence-corrected chi connectivity index (χ1v) is 7.62. The van der Waals surface area contributed by atoms with E-state index in [1.54, 1.807) is 24.3 Å². The minimum Gasteiger partial charge on any atom is -0.497 e. The number of hydrogen-bond donors (Lipinski definition) is 1. The minimum absolute atomic E-state index is 0.200. The van der Waals surface area contributed by atoms with Crippen molar-refractivity contribution in [2.24, 2.45) is 0 Å². The molecule has 7 heteroatoms. The second-order valence-electron chi connectivity index (χ2n) is 5.33. The van der Waals surface area contributed by atoms with Gasteiger partial charge in [0, 0.05) is 35.5 Å². The zero-order chi connectivity index (χ0) is 19.3. The molecular weight excluding hydrogens is 347 g/mol. The monoisotopic (exact) mass is 365 g/mol. The maximum absolute atomic E-state index is 12.9. The van der Waals surface area contributed by atoms with Gasteiger partial charge in [0.2, 0.25) is 0 Å². The summed E-state index contributed by atoms with van der Waals surface area (Å²) in [7, 11) is 4.49. The largest absolute Gasteiger partial charge is 0.497 e. The number of nitrogens with one attached hydrogen (secondary N) is 1. The number of aldehydes is 1. The van der Waals surface area contributed by atoms with Crippen LogP contribution in [0.2, 0.25) is 0 Å². The first-order valence-electron chi connectivity index (χ1n) is 7.62. The Morgan fingerprint density at radius 2 is 1.81 bits per heavy atom. The Morgan fingerprint density at radius 1 is 1.08 bits per heavy atom. The van der Waals surface area contributed by atoms with Crippen molar-refractivity contribution in [3.05, 3.63) is 53.1 Å². The second-order valence-corrected chi connectivity index (χ2v) is 5.33. The molecule has 1 N–H and O–H groups in total. The fourth-order valence-electron chi connectivity index (χ4n) is 2.46. The van der Waals surface area contributed by atoms with Gasteiger partial charge in [-0.3, -0.25) is 4.79 Å². The summed E-state index contributed by atoms with van der Waals surface area (Å²) in [5.74, 6) is 1.05. The van der Waals surface area contributed by atoms with Gasteiger partial charge in [-0.25, -0.2) is 0 Å². The van der Waals surface area contributed by atoms with Crippen LogP contribution in [0.4, 0.5) is 18.9 Å². The molecule has 0 fully saturated rings. The number of carbonyl (C=O) groups excluding carboxylic acids is 1. The fourth-order valence-corrected chi connectivity index (χ4v) is 2.46. The average molecular weight is 365 g/mol. The van der Waals surface area contributed by atoms with Gasteiger partial charge in [-0.05, 0) is 30.3 Å². The van der Waals surface area contributed by atoms with Crippen molar-refractivity contribution in [3.63, 3.8) is 0 Å². The molecule has 0 aromatic heterocycles. The van der Waals surface area contributed by atoms with Crippen LogP contribution in [0.3, 0.4) is 0 Å². The SMILES string of the molecule is CNc1cc(C(F)(F)F)ccc1/C(C=O)=C/c1ccc(OC)cc1OC. The first-order chi connectivity index (χ1) is 12.3. The summed E-state index contributed by atoms with van der Waals surface area (Å²) < 4.78 is 49.1. The van der Waals surface area contributed by atoms with Crippen LogP contribution in [0.15, 0.2) is 36.4 Å². The molecule has 0 aliphatic carbocycles. The predicted molar refractivity (Wildman–Crippen MR) is 94.5 cm³/mol. The number of allylic oxidation sites excluding steroid dienone is 1. The molecule has 2 rings (SSSR count). The predicted octanol–water partition coefficient (Wildman–Crippen LogP) is 4.50. The summed E-state index contributed by atoms with van der Waals surface area (Å²) >= 11 is 0. The van der Waals surface area contributed by atoms with E-state index in [1.165, 1.54) is 27.3 Å². The zero-order valence-corrected chi connectivity index (χ0v) is 14.5. The summed E-state index contributed by atoms with van der Waals surface area (Å²) in [6, 6.07) is 8.23. The molecule has 0 unspecified atom stereocenters. The van der Waals surface area contributed by atoms with Crippen LogP contribution in [-0.2, 0) is 11.0 Å². The topological polar surface area (TPSA) is 47.6 Å². The maximum Gasteiger partial charge on any atom is 0.416 e.